The number of morpholine rings is 2. The van der Waals surface area contributed by atoms with E-state index in [9.17, 15) is 0 Å². The van der Waals surface area contributed by atoms with Crippen LogP contribution in [0.5, 0.6) is 0 Å². The second kappa shape index (κ2) is 9.29. The molecule has 2 heterocycles. The van der Waals surface area contributed by atoms with Crippen LogP contribution in [0.4, 0.5) is 0 Å². The zero-order valence-corrected chi connectivity index (χ0v) is 15.7. The second-order valence-electron chi connectivity index (χ2n) is 7.82. The lowest BCUT2D eigenvalue weighted by Crippen LogP contribution is -2.52. The SMILES string of the molecule is c1ccc(C(CNC2CCCC2C2COCCN2)N2CCOCC2)cc1. The minimum absolute atomic E-state index is 0.428. The first-order chi connectivity index (χ1) is 12.9. The predicted molar refractivity (Wildman–Crippen MR) is 103 cm³/mol. The Morgan fingerprint density at radius 1 is 1.08 bits per heavy atom. The lowest BCUT2D eigenvalue weighted by Gasteiger charge is -2.37. The van der Waals surface area contributed by atoms with E-state index in [1.165, 1.54) is 24.8 Å². The van der Waals surface area contributed by atoms with Crippen molar-refractivity contribution in [1.29, 1.82) is 0 Å². The van der Waals surface area contributed by atoms with E-state index in [4.69, 9.17) is 9.47 Å². The van der Waals surface area contributed by atoms with Gasteiger partial charge in [-0.2, -0.15) is 0 Å². The van der Waals surface area contributed by atoms with Gasteiger partial charge in [0.25, 0.3) is 0 Å². The Kier molecular flexibility index (Phi) is 6.57. The van der Waals surface area contributed by atoms with Crippen molar-refractivity contribution >= 4 is 0 Å². The quantitative estimate of drug-likeness (QED) is 0.811. The fourth-order valence-corrected chi connectivity index (χ4v) is 4.87. The third-order valence-corrected chi connectivity index (χ3v) is 6.28. The van der Waals surface area contributed by atoms with E-state index in [1.807, 2.05) is 0 Å². The molecular formula is C21H33N3O2. The summed E-state index contributed by atoms with van der Waals surface area (Å²) in [6.45, 7) is 7.47. The maximum absolute atomic E-state index is 5.72. The Morgan fingerprint density at radius 3 is 2.69 bits per heavy atom. The summed E-state index contributed by atoms with van der Waals surface area (Å²) in [4.78, 5) is 2.58. The van der Waals surface area contributed by atoms with Crippen LogP contribution < -0.4 is 10.6 Å². The van der Waals surface area contributed by atoms with Gasteiger partial charge in [0.15, 0.2) is 0 Å². The van der Waals surface area contributed by atoms with Crippen molar-refractivity contribution in [3.05, 3.63) is 35.9 Å². The second-order valence-corrected chi connectivity index (χ2v) is 7.82. The summed E-state index contributed by atoms with van der Waals surface area (Å²) in [6.07, 6.45) is 3.92. The first-order valence-corrected chi connectivity index (χ1v) is 10.3. The van der Waals surface area contributed by atoms with Gasteiger partial charge in [0.05, 0.1) is 26.4 Å². The van der Waals surface area contributed by atoms with Gasteiger partial charge in [0, 0.05) is 44.3 Å². The average molecular weight is 360 g/mol. The van der Waals surface area contributed by atoms with Crippen LogP contribution in [0.1, 0.15) is 30.9 Å². The van der Waals surface area contributed by atoms with Crippen molar-refractivity contribution in [1.82, 2.24) is 15.5 Å². The van der Waals surface area contributed by atoms with Crippen LogP contribution in [0.15, 0.2) is 30.3 Å². The topological polar surface area (TPSA) is 45.8 Å². The maximum atomic E-state index is 5.72. The fraction of sp³-hybridized carbons (Fsp3) is 0.714. The molecular weight excluding hydrogens is 326 g/mol. The summed E-state index contributed by atoms with van der Waals surface area (Å²) >= 11 is 0. The Hall–Kier alpha value is -0.980. The molecule has 5 heteroatoms. The Labute approximate surface area is 157 Å². The largest absolute Gasteiger partial charge is 0.379 e. The molecule has 0 spiro atoms. The van der Waals surface area contributed by atoms with Gasteiger partial charge in [0.1, 0.15) is 0 Å². The number of benzene rings is 1. The van der Waals surface area contributed by atoms with Gasteiger partial charge in [-0.05, 0) is 24.3 Å². The molecule has 2 saturated heterocycles. The summed E-state index contributed by atoms with van der Waals surface area (Å²) in [5.74, 6) is 0.691. The molecule has 0 amide bonds. The summed E-state index contributed by atoms with van der Waals surface area (Å²) in [5.41, 5.74) is 1.41. The molecule has 144 valence electrons. The zero-order valence-electron chi connectivity index (χ0n) is 15.7. The smallest absolute Gasteiger partial charge is 0.0623 e. The molecule has 1 saturated carbocycles. The Morgan fingerprint density at radius 2 is 1.92 bits per heavy atom. The summed E-state index contributed by atoms with van der Waals surface area (Å²) < 4.78 is 11.3. The molecule has 3 fully saturated rings. The van der Waals surface area contributed by atoms with Gasteiger partial charge in [-0.3, -0.25) is 4.90 Å². The van der Waals surface area contributed by atoms with Crippen LogP contribution in [0.25, 0.3) is 0 Å². The van der Waals surface area contributed by atoms with Gasteiger partial charge in [0.2, 0.25) is 0 Å². The van der Waals surface area contributed by atoms with Crippen molar-refractivity contribution in [2.24, 2.45) is 5.92 Å². The molecule has 1 aliphatic carbocycles. The van der Waals surface area contributed by atoms with E-state index in [2.05, 4.69) is 45.9 Å². The van der Waals surface area contributed by atoms with Gasteiger partial charge in [-0.15, -0.1) is 0 Å². The Balaban J connectivity index is 1.40. The molecule has 0 radical (unpaired) electrons. The van der Waals surface area contributed by atoms with Crippen LogP contribution in [-0.2, 0) is 9.47 Å². The van der Waals surface area contributed by atoms with Crippen molar-refractivity contribution < 1.29 is 9.47 Å². The molecule has 2 aliphatic heterocycles. The first kappa shape index (κ1) is 18.4. The zero-order chi connectivity index (χ0) is 17.6. The molecule has 1 aromatic rings. The van der Waals surface area contributed by atoms with Crippen LogP contribution in [-0.4, -0.2) is 69.6 Å². The molecule has 26 heavy (non-hydrogen) atoms. The number of nitrogens with zero attached hydrogens (tertiary/aromatic N) is 1. The minimum Gasteiger partial charge on any atom is -0.379 e. The number of rotatable bonds is 6. The third kappa shape index (κ3) is 4.46. The van der Waals surface area contributed by atoms with Crippen LogP contribution in [0, 0.1) is 5.92 Å². The van der Waals surface area contributed by atoms with Crippen LogP contribution in [0.2, 0.25) is 0 Å². The van der Waals surface area contributed by atoms with Crippen molar-refractivity contribution in [3.63, 3.8) is 0 Å². The highest BCUT2D eigenvalue weighted by Gasteiger charge is 2.35. The molecule has 0 bridgehead atoms. The molecule has 0 aromatic heterocycles. The van der Waals surface area contributed by atoms with Crippen molar-refractivity contribution in [3.8, 4) is 0 Å². The van der Waals surface area contributed by atoms with Crippen LogP contribution >= 0.6 is 0 Å². The van der Waals surface area contributed by atoms with E-state index in [0.29, 0.717) is 24.0 Å². The maximum Gasteiger partial charge on any atom is 0.0623 e. The predicted octanol–water partition coefficient (Wildman–Crippen LogP) is 1.81. The van der Waals surface area contributed by atoms with Gasteiger partial charge in [-0.25, -0.2) is 0 Å². The fourth-order valence-electron chi connectivity index (χ4n) is 4.87. The summed E-state index contributed by atoms with van der Waals surface area (Å²) in [5, 5.41) is 7.63. The third-order valence-electron chi connectivity index (χ3n) is 6.28. The van der Waals surface area contributed by atoms with E-state index in [-0.39, 0.29) is 0 Å². The molecule has 1 aromatic carbocycles. The molecule has 5 nitrogen and oxygen atoms in total. The highest BCUT2D eigenvalue weighted by molar-refractivity contribution is 5.19. The van der Waals surface area contributed by atoms with Gasteiger partial charge in [-0.1, -0.05) is 36.8 Å². The molecule has 4 unspecified atom stereocenters. The van der Waals surface area contributed by atoms with Gasteiger partial charge < -0.3 is 20.1 Å². The van der Waals surface area contributed by atoms with E-state index in [1.54, 1.807) is 0 Å². The van der Waals surface area contributed by atoms with Gasteiger partial charge >= 0.3 is 0 Å². The highest BCUT2D eigenvalue weighted by Crippen LogP contribution is 2.30. The Bertz CT molecular complexity index is 529. The number of hydrogen-bond donors (Lipinski definition) is 2. The summed E-state index contributed by atoms with van der Waals surface area (Å²) in [7, 11) is 0. The van der Waals surface area contributed by atoms with Crippen LogP contribution in [0.3, 0.4) is 0 Å². The average Bonchev–Trinajstić information content (AvgIpc) is 3.19. The van der Waals surface area contributed by atoms with E-state index in [0.717, 1.165) is 52.6 Å². The summed E-state index contributed by atoms with van der Waals surface area (Å²) in [6, 6.07) is 12.5. The van der Waals surface area contributed by atoms with E-state index < -0.39 is 0 Å². The normalized spacial score (nSPS) is 31.8. The molecule has 4 atom stereocenters. The highest BCUT2D eigenvalue weighted by atomic mass is 16.5. The van der Waals surface area contributed by atoms with E-state index >= 15 is 0 Å². The number of hydrogen-bond acceptors (Lipinski definition) is 5. The monoisotopic (exact) mass is 359 g/mol. The lowest BCUT2D eigenvalue weighted by molar-refractivity contribution is 0.0144. The minimum atomic E-state index is 0.428. The number of ether oxygens (including phenoxy) is 2. The molecule has 2 N–H and O–H groups in total. The first-order valence-electron chi connectivity index (χ1n) is 10.3. The van der Waals surface area contributed by atoms with Crippen molar-refractivity contribution in [2.75, 3.05) is 52.6 Å². The standard InChI is InChI=1S/C21H33N3O2/c1-2-5-17(6-3-1)21(24-10-13-25-14-11-24)15-23-19-8-4-7-18(19)20-16-26-12-9-22-20/h1-3,5-6,18-23H,4,7-16H2. The lowest BCUT2D eigenvalue weighted by atomic mass is 9.93. The molecule has 3 aliphatic rings. The number of nitrogens with one attached hydrogen (secondary N) is 2. The van der Waals surface area contributed by atoms with Crippen molar-refractivity contribution in [2.45, 2.75) is 37.4 Å². The molecule has 4 rings (SSSR count).